The summed E-state index contributed by atoms with van der Waals surface area (Å²) in [6.07, 6.45) is 0. The highest BCUT2D eigenvalue weighted by atomic mass is 127. The van der Waals surface area contributed by atoms with Gasteiger partial charge in [-0.2, -0.15) is 0 Å². The van der Waals surface area contributed by atoms with E-state index < -0.39 is 5.97 Å². The van der Waals surface area contributed by atoms with Crippen LogP contribution in [0.4, 0.5) is 0 Å². The van der Waals surface area contributed by atoms with Crippen LogP contribution >= 0.6 is 45.8 Å². The highest BCUT2D eigenvalue weighted by Crippen LogP contribution is 2.32. The summed E-state index contributed by atoms with van der Waals surface area (Å²) in [4.78, 5) is 16.1. The molecule has 1 N–H and O–H groups in total. The minimum Gasteiger partial charge on any atom is -0.478 e. The van der Waals surface area contributed by atoms with Crippen molar-refractivity contribution in [3.05, 3.63) is 61.6 Å². The number of carbonyl (C=O) groups is 1. The number of pyridine rings is 1. The third kappa shape index (κ3) is 2.91. The van der Waals surface area contributed by atoms with Crippen LogP contribution in [0.2, 0.25) is 10.0 Å². The molecule has 0 aliphatic heterocycles. The summed E-state index contributed by atoms with van der Waals surface area (Å²) >= 11 is 14.4. The van der Waals surface area contributed by atoms with Crippen LogP contribution in [0.5, 0.6) is 0 Å². The lowest BCUT2D eigenvalue weighted by Crippen LogP contribution is -2.01. The van der Waals surface area contributed by atoms with E-state index in [0.29, 0.717) is 26.6 Å². The van der Waals surface area contributed by atoms with Gasteiger partial charge in [0.15, 0.2) is 0 Å². The van der Waals surface area contributed by atoms with Crippen molar-refractivity contribution >= 4 is 62.7 Å². The summed E-state index contributed by atoms with van der Waals surface area (Å²) in [5.74, 6) is -1.04. The van der Waals surface area contributed by atoms with Gasteiger partial charge in [0.1, 0.15) is 0 Å². The van der Waals surface area contributed by atoms with Gasteiger partial charge in [-0.05, 0) is 52.9 Å². The first kappa shape index (κ1) is 15.5. The van der Waals surface area contributed by atoms with E-state index >= 15 is 0 Å². The second-order valence-corrected chi connectivity index (χ2v) is 6.74. The molecule has 3 aromatic rings. The number of halogens is 3. The van der Waals surface area contributed by atoms with Crippen molar-refractivity contribution in [2.75, 3.05) is 0 Å². The van der Waals surface area contributed by atoms with Crippen molar-refractivity contribution in [1.82, 2.24) is 4.98 Å². The Morgan fingerprint density at radius 1 is 1.14 bits per heavy atom. The molecule has 6 heteroatoms. The molecule has 0 aliphatic carbocycles. The second-order valence-electron chi connectivity index (χ2n) is 4.65. The lowest BCUT2D eigenvalue weighted by atomic mass is 10.0. The maximum absolute atomic E-state index is 11.6. The van der Waals surface area contributed by atoms with Gasteiger partial charge in [0.25, 0.3) is 0 Å². The smallest absolute Gasteiger partial charge is 0.336 e. The van der Waals surface area contributed by atoms with Crippen LogP contribution in [0.1, 0.15) is 10.4 Å². The summed E-state index contributed by atoms with van der Waals surface area (Å²) in [5.41, 5.74) is 1.96. The Morgan fingerprint density at radius 2 is 1.91 bits per heavy atom. The van der Waals surface area contributed by atoms with Crippen molar-refractivity contribution in [3.63, 3.8) is 0 Å². The number of carboxylic acid groups (broad SMARTS) is 1. The maximum atomic E-state index is 11.6. The van der Waals surface area contributed by atoms with Gasteiger partial charge in [-0.3, -0.25) is 0 Å². The van der Waals surface area contributed by atoms with E-state index in [1.54, 1.807) is 18.2 Å². The van der Waals surface area contributed by atoms with Crippen LogP contribution in [0.15, 0.2) is 42.5 Å². The molecule has 0 fully saturated rings. The first-order chi connectivity index (χ1) is 10.5. The van der Waals surface area contributed by atoms with E-state index in [1.807, 2.05) is 24.3 Å². The summed E-state index contributed by atoms with van der Waals surface area (Å²) < 4.78 is 1.04. The van der Waals surface area contributed by atoms with Crippen molar-refractivity contribution in [3.8, 4) is 11.3 Å². The molecular formula is C16H8Cl2INO2. The molecule has 0 atom stereocenters. The van der Waals surface area contributed by atoms with Crippen LogP contribution in [-0.4, -0.2) is 16.1 Å². The van der Waals surface area contributed by atoms with Gasteiger partial charge in [-0.1, -0.05) is 35.3 Å². The monoisotopic (exact) mass is 443 g/mol. The lowest BCUT2D eigenvalue weighted by molar-refractivity contribution is 0.0699. The Morgan fingerprint density at radius 3 is 2.59 bits per heavy atom. The number of rotatable bonds is 2. The molecule has 0 amide bonds. The number of nitrogens with zero attached hydrogens (tertiary/aromatic N) is 1. The Kier molecular flexibility index (Phi) is 4.25. The molecule has 0 saturated heterocycles. The number of aromatic nitrogens is 1. The van der Waals surface area contributed by atoms with E-state index in [1.165, 1.54) is 0 Å². The molecule has 3 nitrogen and oxygen atoms in total. The molecule has 0 unspecified atom stereocenters. The third-order valence-corrected chi connectivity index (χ3v) is 4.36. The zero-order valence-electron chi connectivity index (χ0n) is 11.0. The molecule has 110 valence electrons. The minimum atomic E-state index is -1.04. The van der Waals surface area contributed by atoms with Crippen LogP contribution in [0, 0.1) is 3.57 Å². The summed E-state index contributed by atoms with van der Waals surface area (Å²) in [7, 11) is 0. The van der Waals surface area contributed by atoms with E-state index in [-0.39, 0.29) is 5.56 Å². The van der Waals surface area contributed by atoms with E-state index in [2.05, 4.69) is 27.6 Å². The fraction of sp³-hybridized carbons (Fsp3) is 0. The number of fused-ring (bicyclic) bond motifs is 1. The second kappa shape index (κ2) is 6.02. The highest BCUT2D eigenvalue weighted by Gasteiger charge is 2.15. The molecule has 22 heavy (non-hydrogen) atoms. The SMILES string of the molecule is O=C(O)c1cc(-c2cccc(I)c2)nc2c(Cl)cc(Cl)cc12. The Balaban J connectivity index is 2.37. The molecule has 3 rings (SSSR count). The summed E-state index contributed by atoms with van der Waals surface area (Å²) in [5, 5.41) is 10.6. The molecule has 1 aromatic heterocycles. The fourth-order valence-electron chi connectivity index (χ4n) is 2.22. The van der Waals surface area contributed by atoms with Crippen LogP contribution in [0.25, 0.3) is 22.2 Å². The van der Waals surface area contributed by atoms with Gasteiger partial charge in [0.05, 0.1) is 21.8 Å². The maximum Gasteiger partial charge on any atom is 0.336 e. The summed E-state index contributed by atoms with van der Waals surface area (Å²) in [6.45, 7) is 0. The third-order valence-electron chi connectivity index (χ3n) is 3.18. The van der Waals surface area contributed by atoms with E-state index in [9.17, 15) is 9.90 Å². The normalized spacial score (nSPS) is 10.9. The van der Waals surface area contributed by atoms with Crippen molar-refractivity contribution in [1.29, 1.82) is 0 Å². The van der Waals surface area contributed by atoms with Crippen LogP contribution < -0.4 is 0 Å². The van der Waals surface area contributed by atoms with Crippen LogP contribution in [-0.2, 0) is 0 Å². The zero-order valence-corrected chi connectivity index (χ0v) is 14.6. The molecule has 0 bridgehead atoms. The molecule has 0 saturated carbocycles. The topological polar surface area (TPSA) is 50.2 Å². The van der Waals surface area contributed by atoms with Gasteiger partial charge in [0.2, 0.25) is 0 Å². The van der Waals surface area contributed by atoms with E-state index in [4.69, 9.17) is 23.2 Å². The van der Waals surface area contributed by atoms with Gasteiger partial charge < -0.3 is 5.11 Å². The molecule has 0 radical (unpaired) electrons. The van der Waals surface area contributed by atoms with Gasteiger partial charge in [-0.25, -0.2) is 9.78 Å². The Bertz CT molecular complexity index is 912. The van der Waals surface area contributed by atoms with Gasteiger partial charge >= 0.3 is 5.97 Å². The standard InChI is InChI=1S/C16H8Cl2INO2/c17-9-5-11-12(16(21)22)7-14(20-15(11)13(18)6-9)8-2-1-3-10(19)4-8/h1-7H,(H,21,22). The first-order valence-corrected chi connectivity index (χ1v) is 8.08. The van der Waals surface area contributed by atoms with Crippen LogP contribution in [0.3, 0.4) is 0 Å². The average Bonchev–Trinajstić information content (AvgIpc) is 2.46. The summed E-state index contributed by atoms with van der Waals surface area (Å²) in [6, 6.07) is 12.3. The fourth-order valence-corrected chi connectivity index (χ4v) is 3.30. The number of benzene rings is 2. The quantitative estimate of drug-likeness (QED) is 0.531. The minimum absolute atomic E-state index is 0.128. The molecule has 0 aliphatic rings. The number of hydrogen-bond acceptors (Lipinski definition) is 2. The van der Waals surface area contributed by atoms with Crippen molar-refractivity contribution < 1.29 is 9.90 Å². The molecule has 0 spiro atoms. The molecular weight excluding hydrogens is 436 g/mol. The Hall–Kier alpha value is -1.37. The average molecular weight is 444 g/mol. The molecule has 1 heterocycles. The predicted molar refractivity (Wildman–Crippen MR) is 96.9 cm³/mol. The van der Waals surface area contributed by atoms with Crippen molar-refractivity contribution in [2.24, 2.45) is 0 Å². The van der Waals surface area contributed by atoms with E-state index in [0.717, 1.165) is 9.13 Å². The zero-order chi connectivity index (χ0) is 15.9. The number of carboxylic acids is 1. The van der Waals surface area contributed by atoms with Gasteiger partial charge in [-0.15, -0.1) is 0 Å². The number of hydrogen-bond donors (Lipinski definition) is 1. The lowest BCUT2D eigenvalue weighted by Gasteiger charge is -2.09. The first-order valence-electron chi connectivity index (χ1n) is 6.25. The predicted octanol–water partition coefficient (Wildman–Crippen LogP) is 5.51. The Labute approximate surface area is 150 Å². The molecule has 2 aromatic carbocycles. The number of aromatic carboxylic acids is 1. The highest BCUT2D eigenvalue weighted by molar-refractivity contribution is 14.1. The largest absolute Gasteiger partial charge is 0.478 e. The van der Waals surface area contributed by atoms with Crippen molar-refractivity contribution in [2.45, 2.75) is 0 Å². The van der Waals surface area contributed by atoms with Gasteiger partial charge in [0, 0.05) is 19.5 Å².